The fourth-order valence-corrected chi connectivity index (χ4v) is 3.41. The lowest BCUT2D eigenvalue weighted by atomic mass is 9.94. The fourth-order valence-electron chi connectivity index (χ4n) is 2.53. The molecule has 1 unspecified atom stereocenters. The second kappa shape index (κ2) is 5.07. The van der Waals surface area contributed by atoms with Crippen molar-refractivity contribution in [3.8, 4) is 0 Å². The summed E-state index contributed by atoms with van der Waals surface area (Å²) in [5.74, 6) is 0.972. The van der Waals surface area contributed by atoms with Crippen molar-refractivity contribution in [2.45, 2.75) is 63.1 Å². The first-order chi connectivity index (χ1) is 7.26. The largest absolute Gasteiger partial charge is 0.347 e. The molecule has 2 nitrogen and oxygen atoms in total. The Balaban J connectivity index is 1.87. The molecule has 1 heterocycles. The highest BCUT2D eigenvalue weighted by Gasteiger charge is 2.43. The number of thioether (sulfide) groups is 1. The Morgan fingerprint density at radius 2 is 2.07 bits per heavy atom. The quantitative estimate of drug-likeness (QED) is 0.742. The first-order valence-electron chi connectivity index (χ1n) is 6.19. The molecule has 0 aromatic rings. The Labute approximate surface area is 97.1 Å². The third kappa shape index (κ3) is 2.69. The van der Waals surface area contributed by atoms with E-state index in [2.05, 4.69) is 13.8 Å². The van der Waals surface area contributed by atoms with E-state index in [0.717, 1.165) is 25.2 Å². The van der Waals surface area contributed by atoms with Gasteiger partial charge in [0.05, 0.1) is 12.7 Å². The second-order valence-corrected chi connectivity index (χ2v) is 6.25. The van der Waals surface area contributed by atoms with Gasteiger partial charge in [-0.25, -0.2) is 0 Å². The molecule has 3 heteroatoms. The van der Waals surface area contributed by atoms with Crippen LogP contribution in [-0.4, -0.2) is 29.5 Å². The first kappa shape index (κ1) is 11.7. The van der Waals surface area contributed by atoms with Crippen molar-refractivity contribution in [2.75, 3.05) is 12.4 Å². The van der Waals surface area contributed by atoms with Crippen LogP contribution in [0.3, 0.4) is 0 Å². The maximum absolute atomic E-state index is 6.16. The van der Waals surface area contributed by atoms with E-state index in [-0.39, 0.29) is 5.79 Å². The molecule has 0 N–H and O–H groups in total. The van der Waals surface area contributed by atoms with Crippen LogP contribution in [0.5, 0.6) is 0 Å². The van der Waals surface area contributed by atoms with Crippen molar-refractivity contribution in [1.29, 1.82) is 0 Å². The van der Waals surface area contributed by atoms with Gasteiger partial charge in [-0.2, -0.15) is 11.8 Å². The summed E-state index contributed by atoms with van der Waals surface area (Å²) >= 11 is 1.97. The zero-order valence-electron chi connectivity index (χ0n) is 9.83. The van der Waals surface area contributed by atoms with Crippen LogP contribution in [0.1, 0.15) is 46.0 Å². The highest BCUT2D eigenvalue weighted by molar-refractivity contribution is 7.99. The van der Waals surface area contributed by atoms with Gasteiger partial charge in [0.1, 0.15) is 0 Å². The van der Waals surface area contributed by atoms with Crippen molar-refractivity contribution >= 4 is 11.8 Å². The molecule has 1 aliphatic carbocycles. The van der Waals surface area contributed by atoms with Crippen LogP contribution < -0.4 is 0 Å². The monoisotopic (exact) mass is 230 g/mol. The van der Waals surface area contributed by atoms with Crippen LogP contribution in [0.4, 0.5) is 0 Å². The fraction of sp³-hybridized carbons (Fsp3) is 1.00. The molecule has 15 heavy (non-hydrogen) atoms. The maximum atomic E-state index is 6.16. The van der Waals surface area contributed by atoms with Crippen molar-refractivity contribution in [3.63, 3.8) is 0 Å². The molecule has 0 bridgehead atoms. The summed E-state index contributed by atoms with van der Waals surface area (Å²) in [5.41, 5.74) is 0. The van der Waals surface area contributed by atoms with Gasteiger partial charge in [0, 0.05) is 18.1 Å². The van der Waals surface area contributed by atoms with E-state index in [1.54, 1.807) is 0 Å². The summed E-state index contributed by atoms with van der Waals surface area (Å²) in [6.45, 7) is 5.26. The van der Waals surface area contributed by atoms with Crippen LogP contribution in [0.15, 0.2) is 0 Å². The molecule has 1 aliphatic heterocycles. The van der Waals surface area contributed by atoms with Gasteiger partial charge in [-0.15, -0.1) is 0 Å². The van der Waals surface area contributed by atoms with E-state index < -0.39 is 0 Å². The van der Waals surface area contributed by atoms with Crippen molar-refractivity contribution < 1.29 is 9.47 Å². The minimum absolute atomic E-state index is 0.189. The van der Waals surface area contributed by atoms with Crippen molar-refractivity contribution in [1.82, 2.24) is 0 Å². The van der Waals surface area contributed by atoms with Gasteiger partial charge >= 0.3 is 0 Å². The minimum atomic E-state index is -0.189. The molecule has 1 saturated carbocycles. The third-order valence-electron chi connectivity index (χ3n) is 3.45. The molecule has 88 valence electrons. The molecule has 0 aromatic carbocycles. The van der Waals surface area contributed by atoms with Gasteiger partial charge in [-0.3, -0.25) is 0 Å². The number of rotatable bonds is 3. The van der Waals surface area contributed by atoms with Crippen molar-refractivity contribution in [3.05, 3.63) is 0 Å². The molecule has 2 fully saturated rings. The van der Waals surface area contributed by atoms with Crippen LogP contribution in [0.25, 0.3) is 0 Å². The molecule has 1 spiro atoms. The topological polar surface area (TPSA) is 18.5 Å². The summed E-state index contributed by atoms with van der Waals surface area (Å²) in [6, 6.07) is 0. The SMILES string of the molecule is CCSC(C)[C@H]1COC2(CCCCC2)O1. The van der Waals surface area contributed by atoms with E-state index in [4.69, 9.17) is 9.47 Å². The summed E-state index contributed by atoms with van der Waals surface area (Å²) in [4.78, 5) is 0. The Hall–Kier alpha value is 0.270. The highest BCUT2D eigenvalue weighted by atomic mass is 32.2. The van der Waals surface area contributed by atoms with Crippen LogP contribution in [0, 0.1) is 0 Å². The van der Waals surface area contributed by atoms with Gasteiger partial charge in [0.2, 0.25) is 0 Å². The van der Waals surface area contributed by atoms with E-state index in [1.165, 1.54) is 19.3 Å². The Morgan fingerprint density at radius 1 is 1.33 bits per heavy atom. The maximum Gasteiger partial charge on any atom is 0.168 e. The van der Waals surface area contributed by atoms with Crippen LogP contribution in [-0.2, 0) is 9.47 Å². The van der Waals surface area contributed by atoms with Crippen molar-refractivity contribution in [2.24, 2.45) is 0 Å². The molecule has 2 atom stereocenters. The molecule has 0 radical (unpaired) electrons. The molecule has 2 aliphatic rings. The van der Waals surface area contributed by atoms with Gasteiger partial charge in [-0.05, 0) is 18.6 Å². The number of hydrogen-bond donors (Lipinski definition) is 0. The summed E-state index contributed by atoms with van der Waals surface area (Å²) in [6.07, 6.45) is 6.40. The molecule has 1 saturated heterocycles. The number of hydrogen-bond acceptors (Lipinski definition) is 3. The average molecular weight is 230 g/mol. The molecule has 0 amide bonds. The average Bonchev–Trinajstić information content (AvgIpc) is 2.64. The Bertz CT molecular complexity index is 202. The van der Waals surface area contributed by atoms with Gasteiger partial charge in [0.25, 0.3) is 0 Å². The lowest BCUT2D eigenvalue weighted by Gasteiger charge is -2.32. The predicted octanol–water partition coefficient (Wildman–Crippen LogP) is 3.20. The third-order valence-corrected chi connectivity index (χ3v) is 4.61. The van der Waals surface area contributed by atoms with Crippen LogP contribution in [0.2, 0.25) is 0 Å². The van der Waals surface area contributed by atoms with E-state index in [1.807, 2.05) is 11.8 Å². The number of ether oxygens (including phenoxy) is 2. The molecular weight excluding hydrogens is 208 g/mol. The van der Waals surface area contributed by atoms with Gasteiger partial charge in [-0.1, -0.05) is 20.3 Å². The zero-order valence-corrected chi connectivity index (χ0v) is 10.6. The zero-order chi connectivity index (χ0) is 10.7. The summed E-state index contributed by atoms with van der Waals surface area (Å²) in [7, 11) is 0. The standard InChI is InChI=1S/C12H22O2S/c1-3-15-10(2)11-9-13-12(14-11)7-5-4-6-8-12/h10-11H,3-9H2,1-2H3/t10?,11-/m1/s1. The van der Waals surface area contributed by atoms with E-state index in [0.29, 0.717) is 11.4 Å². The van der Waals surface area contributed by atoms with E-state index >= 15 is 0 Å². The first-order valence-corrected chi connectivity index (χ1v) is 7.24. The molecular formula is C12H22O2S. The lowest BCUT2D eigenvalue weighted by Crippen LogP contribution is -2.34. The van der Waals surface area contributed by atoms with E-state index in [9.17, 15) is 0 Å². The Morgan fingerprint density at radius 3 is 2.73 bits per heavy atom. The highest BCUT2D eigenvalue weighted by Crippen LogP contribution is 2.39. The summed E-state index contributed by atoms with van der Waals surface area (Å²) < 4.78 is 12.1. The summed E-state index contributed by atoms with van der Waals surface area (Å²) in [5, 5.41) is 0.566. The molecule has 0 aromatic heterocycles. The van der Waals surface area contributed by atoms with Crippen LogP contribution >= 0.6 is 11.8 Å². The minimum Gasteiger partial charge on any atom is -0.347 e. The van der Waals surface area contributed by atoms with Gasteiger partial charge < -0.3 is 9.47 Å². The normalized spacial score (nSPS) is 32.0. The van der Waals surface area contributed by atoms with Gasteiger partial charge in [0.15, 0.2) is 5.79 Å². The molecule has 2 rings (SSSR count). The smallest absolute Gasteiger partial charge is 0.168 e. The Kier molecular flexibility index (Phi) is 3.97. The lowest BCUT2D eigenvalue weighted by molar-refractivity contribution is -0.186. The second-order valence-electron chi connectivity index (χ2n) is 4.60. The predicted molar refractivity (Wildman–Crippen MR) is 64.2 cm³/mol.